The van der Waals surface area contributed by atoms with Crippen molar-refractivity contribution in [2.24, 2.45) is 0 Å². The van der Waals surface area contributed by atoms with Crippen molar-refractivity contribution in [3.05, 3.63) is 93.0 Å². The summed E-state index contributed by atoms with van der Waals surface area (Å²) in [4.78, 5) is 0. The normalized spacial score (nSPS) is 10.8. The SMILES string of the molecule is CCCCCC#Cc1c(C#C[Si](C)(C)C)c(C#C[Si](C)(C)C)c(C#CCCCCC)c(C#C[Si](C)(C)C)c1C#C[Si](C)(C)C.CCCCCC#Cc1c2ccccc2c(C#CCCCCC)c2ccccc12. The van der Waals surface area contributed by atoms with Gasteiger partial charge in [-0.3, -0.25) is 0 Å². The van der Waals surface area contributed by atoms with E-state index in [0.717, 1.165) is 83.0 Å². The number of rotatable bonds is 12. The average molecular weight is 1020 g/mol. The van der Waals surface area contributed by atoms with Gasteiger partial charge in [-0.2, -0.15) is 0 Å². The van der Waals surface area contributed by atoms with Crippen LogP contribution in [0.2, 0.25) is 78.6 Å². The first kappa shape index (κ1) is 61.0. The first-order valence-corrected chi connectivity index (χ1v) is 41.4. The Bertz CT molecular complexity index is 2630. The standard InChI is InChI=1S/C40H58Si4.C28H30/c1-15-17-19-21-23-25-35-37(27-31-41(3,4)5)39(29-33-43(9,10)11)36(26-24-22-20-18-16-2)40(30-34-44(12,13)14)38(35)28-32-42(6,7)8;1-3-5-7-9-11-17-23-25-19-13-15-21-27(25)24(18-12-10-8-6-4-2)28-22-16-14-20-26(23)28/h15-22H2,1-14H3;13-16,19-22H,3-10H2,1-2H3. The Morgan fingerprint density at radius 1 is 0.264 bits per heavy atom. The van der Waals surface area contributed by atoms with Gasteiger partial charge in [0.15, 0.2) is 0 Å². The quantitative estimate of drug-likeness (QED) is 0.0574. The van der Waals surface area contributed by atoms with Crippen LogP contribution in [-0.2, 0) is 0 Å². The summed E-state index contributed by atoms with van der Waals surface area (Å²) in [5.74, 6) is 42.7. The molecule has 0 spiro atoms. The molecule has 0 radical (unpaired) electrons. The molecule has 4 rings (SSSR count). The zero-order chi connectivity index (χ0) is 53.2. The van der Waals surface area contributed by atoms with Gasteiger partial charge in [0.05, 0.1) is 33.4 Å². The Balaban J connectivity index is 0.000000417. The monoisotopic (exact) mass is 1020 g/mol. The molecule has 0 saturated carbocycles. The second-order valence-electron chi connectivity index (χ2n) is 23.1. The maximum Gasteiger partial charge on any atom is 0.129 e. The van der Waals surface area contributed by atoms with E-state index in [1.54, 1.807) is 0 Å². The number of fused-ring (bicyclic) bond motifs is 2. The molecule has 0 aliphatic carbocycles. The van der Waals surface area contributed by atoms with Crippen LogP contribution < -0.4 is 0 Å². The van der Waals surface area contributed by atoms with E-state index in [-0.39, 0.29) is 0 Å². The summed E-state index contributed by atoms with van der Waals surface area (Å²) in [5.41, 5.74) is 22.4. The Morgan fingerprint density at radius 3 is 0.653 bits per heavy atom. The summed E-state index contributed by atoms with van der Waals surface area (Å²) in [6, 6.07) is 17.2. The first-order valence-electron chi connectivity index (χ1n) is 27.4. The second kappa shape index (κ2) is 30.7. The fourth-order valence-corrected chi connectivity index (χ4v) is 9.35. The summed E-state index contributed by atoms with van der Waals surface area (Å²) in [6.45, 7) is 36.4. The fourth-order valence-electron chi connectivity index (χ4n) is 7.35. The minimum atomic E-state index is -1.71. The number of benzene rings is 4. The Morgan fingerprint density at radius 2 is 0.458 bits per heavy atom. The Kier molecular flexibility index (Phi) is 26.0. The van der Waals surface area contributed by atoms with E-state index in [4.69, 9.17) is 0 Å². The van der Waals surface area contributed by atoms with E-state index in [1.165, 1.54) is 85.8 Å². The average Bonchev–Trinajstić information content (AvgIpc) is 3.31. The van der Waals surface area contributed by atoms with Crippen molar-refractivity contribution in [2.75, 3.05) is 0 Å². The zero-order valence-corrected chi connectivity index (χ0v) is 51.9. The molecule has 0 amide bonds. The third-order valence-electron chi connectivity index (χ3n) is 11.2. The van der Waals surface area contributed by atoms with Crippen molar-refractivity contribution in [3.63, 3.8) is 0 Å². The van der Waals surface area contributed by atoms with E-state index in [1.807, 2.05) is 0 Å². The molecule has 72 heavy (non-hydrogen) atoms. The van der Waals surface area contributed by atoms with Gasteiger partial charge in [-0.15, -0.1) is 22.2 Å². The van der Waals surface area contributed by atoms with Gasteiger partial charge in [-0.1, -0.05) is 277 Å². The summed E-state index contributed by atoms with van der Waals surface area (Å²) < 4.78 is 0. The highest BCUT2D eigenvalue weighted by molar-refractivity contribution is 6.85. The van der Waals surface area contributed by atoms with Crippen LogP contribution in [0.4, 0.5) is 0 Å². The number of unbranched alkanes of at least 4 members (excludes halogenated alkanes) is 12. The molecule has 0 heterocycles. The fraction of sp³-hybridized carbons (Fsp3) is 0.471. The highest BCUT2D eigenvalue weighted by Gasteiger charge is 2.23. The Hall–Kier alpha value is -5.25. The molecule has 0 N–H and O–H groups in total. The maximum atomic E-state index is 3.66. The van der Waals surface area contributed by atoms with Gasteiger partial charge in [0.1, 0.15) is 32.3 Å². The van der Waals surface area contributed by atoms with Crippen LogP contribution in [0.15, 0.2) is 48.5 Å². The lowest BCUT2D eigenvalue weighted by Crippen LogP contribution is -2.18. The third-order valence-corrected chi connectivity index (χ3v) is 14.7. The first-order chi connectivity index (χ1) is 34.1. The van der Waals surface area contributed by atoms with Crippen LogP contribution in [0.25, 0.3) is 21.5 Å². The maximum absolute atomic E-state index is 3.66. The summed E-state index contributed by atoms with van der Waals surface area (Å²) >= 11 is 0. The molecule has 0 nitrogen and oxygen atoms in total. The van der Waals surface area contributed by atoms with Gasteiger partial charge >= 0.3 is 0 Å². The topological polar surface area (TPSA) is 0 Å². The minimum Gasteiger partial charge on any atom is -0.127 e. The van der Waals surface area contributed by atoms with E-state index < -0.39 is 32.3 Å². The van der Waals surface area contributed by atoms with E-state index in [2.05, 4.69) is 248 Å². The van der Waals surface area contributed by atoms with Crippen molar-refractivity contribution in [3.8, 4) is 93.2 Å². The van der Waals surface area contributed by atoms with Crippen LogP contribution >= 0.6 is 0 Å². The van der Waals surface area contributed by atoms with E-state index in [9.17, 15) is 0 Å². The van der Waals surface area contributed by atoms with Crippen LogP contribution in [0, 0.1) is 93.2 Å². The second-order valence-corrected chi connectivity index (χ2v) is 42.1. The van der Waals surface area contributed by atoms with Gasteiger partial charge < -0.3 is 0 Å². The molecule has 376 valence electrons. The van der Waals surface area contributed by atoms with Gasteiger partial charge in [-0.05, 0) is 47.2 Å². The predicted octanol–water partition coefficient (Wildman–Crippen LogP) is 18.3. The van der Waals surface area contributed by atoms with Crippen LogP contribution in [-0.4, -0.2) is 32.3 Å². The summed E-state index contributed by atoms with van der Waals surface area (Å²) in [7, 11) is -6.83. The van der Waals surface area contributed by atoms with Crippen molar-refractivity contribution in [2.45, 2.75) is 209 Å². The lowest BCUT2D eigenvalue weighted by Gasteiger charge is -2.15. The lowest BCUT2D eigenvalue weighted by atomic mass is 9.87. The van der Waals surface area contributed by atoms with Crippen molar-refractivity contribution in [1.82, 2.24) is 0 Å². The van der Waals surface area contributed by atoms with Crippen molar-refractivity contribution in [1.29, 1.82) is 0 Å². The molecule has 4 aromatic carbocycles. The minimum absolute atomic E-state index is 0.862. The molecule has 0 bridgehead atoms. The van der Waals surface area contributed by atoms with Crippen molar-refractivity contribution < 1.29 is 0 Å². The molecule has 0 aliphatic heterocycles. The van der Waals surface area contributed by atoms with Gasteiger partial charge in [-0.25, -0.2) is 0 Å². The third kappa shape index (κ3) is 22.2. The predicted molar refractivity (Wildman–Crippen MR) is 333 cm³/mol. The molecule has 0 aliphatic rings. The van der Waals surface area contributed by atoms with Crippen molar-refractivity contribution >= 4 is 53.8 Å². The largest absolute Gasteiger partial charge is 0.129 e. The summed E-state index contributed by atoms with van der Waals surface area (Å²) in [5, 5.41) is 4.90. The molecular formula is C68H88Si4. The summed E-state index contributed by atoms with van der Waals surface area (Å²) in [6.07, 6.45) is 17.9. The Labute approximate surface area is 446 Å². The van der Waals surface area contributed by atoms with Crippen LogP contribution in [0.3, 0.4) is 0 Å². The van der Waals surface area contributed by atoms with Gasteiger partial charge in [0.25, 0.3) is 0 Å². The molecule has 4 aromatic rings. The molecule has 0 saturated heterocycles. The number of hydrogen-bond acceptors (Lipinski definition) is 0. The molecule has 0 unspecified atom stereocenters. The highest BCUT2D eigenvalue weighted by Crippen LogP contribution is 2.33. The lowest BCUT2D eigenvalue weighted by molar-refractivity contribution is 0.737. The molecular weight excluding hydrogens is 929 g/mol. The van der Waals surface area contributed by atoms with Gasteiger partial charge in [0, 0.05) is 36.8 Å². The highest BCUT2D eigenvalue weighted by atomic mass is 28.3. The van der Waals surface area contributed by atoms with E-state index in [0.29, 0.717) is 0 Å². The zero-order valence-electron chi connectivity index (χ0n) is 47.9. The van der Waals surface area contributed by atoms with Gasteiger partial charge in [0.2, 0.25) is 0 Å². The van der Waals surface area contributed by atoms with E-state index >= 15 is 0 Å². The molecule has 4 heteroatoms. The van der Waals surface area contributed by atoms with Crippen LogP contribution in [0.1, 0.15) is 175 Å². The molecule has 0 atom stereocenters. The number of hydrogen-bond donors (Lipinski definition) is 0. The molecule has 0 fully saturated rings. The molecule has 0 aromatic heterocycles. The smallest absolute Gasteiger partial charge is 0.127 e. The van der Waals surface area contributed by atoms with Crippen LogP contribution in [0.5, 0.6) is 0 Å².